The molecule has 0 saturated heterocycles. The molecule has 190 valence electrons. The summed E-state index contributed by atoms with van der Waals surface area (Å²) < 4.78 is 12.2. The molecule has 36 heavy (non-hydrogen) atoms. The molecule has 1 saturated carbocycles. The molecule has 1 atom stereocenters. The molecular formula is C29H33BrN2O4. The van der Waals surface area contributed by atoms with Gasteiger partial charge in [0.05, 0.1) is 11.6 Å². The number of hydrogen-bond acceptors (Lipinski definition) is 4. The predicted molar refractivity (Wildman–Crippen MR) is 146 cm³/mol. The Balaban J connectivity index is 1.45. The molecule has 0 aromatic heterocycles. The quantitative estimate of drug-likeness (QED) is 0.345. The Bertz CT molecular complexity index is 1290. The fourth-order valence-electron chi connectivity index (χ4n) is 4.25. The normalized spacial score (nSPS) is 15.2. The van der Waals surface area contributed by atoms with E-state index in [9.17, 15) is 9.59 Å². The lowest BCUT2D eigenvalue weighted by molar-refractivity contribution is 0.0494. The molecule has 7 heteroatoms. The number of amides is 2. The van der Waals surface area contributed by atoms with Gasteiger partial charge in [-0.3, -0.25) is 4.79 Å². The van der Waals surface area contributed by atoms with E-state index >= 15 is 0 Å². The van der Waals surface area contributed by atoms with Crippen molar-refractivity contribution in [2.24, 2.45) is 0 Å². The molecule has 1 fully saturated rings. The first-order chi connectivity index (χ1) is 17.0. The monoisotopic (exact) mass is 552 g/mol. The smallest absolute Gasteiger partial charge is 0.407 e. The first kappa shape index (κ1) is 26.0. The van der Waals surface area contributed by atoms with E-state index in [1.807, 2.05) is 58.9 Å². The molecule has 1 aliphatic carbocycles. The summed E-state index contributed by atoms with van der Waals surface area (Å²) in [6, 6.07) is 17.7. The lowest BCUT2D eigenvalue weighted by Crippen LogP contribution is -2.40. The number of carbonyl (C=O) groups excluding carboxylic acids is 2. The SMILES string of the molecule is Cc1ccc(OCC(C)NC(=O)OC(C)(C)C)cc1C(=O)NC1(c2cc(Br)cc3ccccc23)CC1. The fraction of sp³-hybridized carbons (Fsp3) is 0.379. The Hall–Kier alpha value is -3.06. The highest BCUT2D eigenvalue weighted by Gasteiger charge is 2.47. The number of benzene rings is 3. The van der Waals surface area contributed by atoms with E-state index in [0.29, 0.717) is 11.3 Å². The number of rotatable bonds is 7. The maximum atomic E-state index is 13.4. The number of hydrogen-bond donors (Lipinski definition) is 2. The molecular weight excluding hydrogens is 520 g/mol. The van der Waals surface area contributed by atoms with Gasteiger partial charge in [0.25, 0.3) is 5.91 Å². The summed E-state index contributed by atoms with van der Waals surface area (Å²) in [5.41, 5.74) is 1.63. The molecule has 2 amide bonds. The van der Waals surface area contributed by atoms with Gasteiger partial charge in [-0.25, -0.2) is 4.79 Å². The van der Waals surface area contributed by atoms with Crippen LogP contribution in [-0.4, -0.2) is 30.3 Å². The lowest BCUT2D eigenvalue weighted by atomic mass is 9.96. The zero-order chi connectivity index (χ0) is 26.1. The van der Waals surface area contributed by atoms with Crippen molar-refractivity contribution in [3.05, 3.63) is 75.8 Å². The number of alkyl carbamates (subject to hydrolysis) is 1. The van der Waals surface area contributed by atoms with Crippen LogP contribution in [0.1, 0.15) is 62.0 Å². The third-order valence-electron chi connectivity index (χ3n) is 6.16. The van der Waals surface area contributed by atoms with Crippen molar-refractivity contribution >= 4 is 38.7 Å². The van der Waals surface area contributed by atoms with Gasteiger partial charge >= 0.3 is 6.09 Å². The van der Waals surface area contributed by atoms with Gasteiger partial charge in [0.2, 0.25) is 0 Å². The van der Waals surface area contributed by atoms with Gasteiger partial charge in [-0.2, -0.15) is 0 Å². The minimum absolute atomic E-state index is 0.126. The highest BCUT2D eigenvalue weighted by atomic mass is 79.9. The third kappa shape index (κ3) is 6.19. The van der Waals surface area contributed by atoms with E-state index in [4.69, 9.17) is 9.47 Å². The summed E-state index contributed by atoms with van der Waals surface area (Å²) in [5.74, 6) is 0.445. The molecule has 3 aromatic carbocycles. The summed E-state index contributed by atoms with van der Waals surface area (Å²) in [4.78, 5) is 25.4. The van der Waals surface area contributed by atoms with Crippen LogP contribution in [0.25, 0.3) is 10.8 Å². The van der Waals surface area contributed by atoms with E-state index in [2.05, 4.69) is 50.8 Å². The number of fused-ring (bicyclic) bond motifs is 1. The second-order valence-electron chi connectivity index (χ2n) is 10.5. The van der Waals surface area contributed by atoms with Crippen molar-refractivity contribution < 1.29 is 19.1 Å². The van der Waals surface area contributed by atoms with Crippen LogP contribution in [0.3, 0.4) is 0 Å². The molecule has 1 unspecified atom stereocenters. The van der Waals surface area contributed by atoms with E-state index in [1.54, 1.807) is 6.07 Å². The standard InChI is InChI=1S/C29H33BrN2O4/c1-18-10-11-22(35-17-19(2)31-27(34)36-28(3,4)5)16-24(18)26(33)32-29(12-13-29)25-15-21(30)14-20-8-6-7-9-23(20)25/h6-11,14-16,19H,12-13,17H2,1-5H3,(H,31,34)(H,32,33). The van der Waals surface area contributed by atoms with Crippen molar-refractivity contribution in [2.45, 2.75) is 64.6 Å². The summed E-state index contributed by atoms with van der Waals surface area (Å²) >= 11 is 3.63. The highest BCUT2D eigenvalue weighted by Crippen LogP contribution is 2.49. The zero-order valence-electron chi connectivity index (χ0n) is 21.4. The Morgan fingerprint density at radius 3 is 2.50 bits per heavy atom. The lowest BCUT2D eigenvalue weighted by Gasteiger charge is -2.22. The number of halogens is 1. The predicted octanol–water partition coefficient (Wildman–Crippen LogP) is 6.62. The Kier molecular flexibility index (Phi) is 7.32. The van der Waals surface area contributed by atoms with Gasteiger partial charge in [-0.15, -0.1) is 0 Å². The summed E-state index contributed by atoms with van der Waals surface area (Å²) in [7, 11) is 0. The van der Waals surface area contributed by atoms with Crippen LogP contribution < -0.4 is 15.4 Å². The first-order valence-electron chi connectivity index (χ1n) is 12.2. The molecule has 0 aliphatic heterocycles. The molecule has 0 heterocycles. The van der Waals surface area contributed by atoms with Crippen molar-refractivity contribution in [1.29, 1.82) is 0 Å². The Labute approximate surface area is 220 Å². The zero-order valence-corrected chi connectivity index (χ0v) is 23.0. The number of ether oxygens (including phenoxy) is 2. The maximum absolute atomic E-state index is 13.4. The van der Waals surface area contributed by atoms with Crippen LogP contribution in [0.5, 0.6) is 5.75 Å². The average Bonchev–Trinajstić information content (AvgIpc) is 3.56. The Morgan fingerprint density at radius 1 is 1.08 bits per heavy atom. The molecule has 0 spiro atoms. The van der Waals surface area contributed by atoms with Crippen LogP contribution in [0.4, 0.5) is 4.79 Å². The molecule has 6 nitrogen and oxygen atoms in total. The van der Waals surface area contributed by atoms with E-state index in [0.717, 1.165) is 39.2 Å². The average molecular weight is 553 g/mol. The van der Waals surface area contributed by atoms with Gasteiger partial charge in [0.15, 0.2) is 0 Å². The minimum Gasteiger partial charge on any atom is -0.491 e. The largest absolute Gasteiger partial charge is 0.491 e. The molecule has 2 N–H and O–H groups in total. The van der Waals surface area contributed by atoms with Crippen LogP contribution in [-0.2, 0) is 10.3 Å². The fourth-order valence-corrected chi connectivity index (χ4v) is 4.72. The van der Waals surface area contributed by atoms with Crippen molar-refractivity contribution in [3.8, 4) is 5.75 Å². The van der Waals surface area contributed by atoms with Crippen LogP contribution in [0.2, 0.25) is 0 Å². The van der Waals surface area contributed by atoms with Gasteiger partial charge in [-0.05, 0) is 93.6 Å². The number of nitrogens with one attached hydrogen (secondary N) is 2. The minimum atomic E-state index is -0.565. The third-order valence-corrected chi connectivity index (χ3v) is 6.62. The second-order valence-corrected chi connectivity index (χ2v) is 11.5. The van der Waals surface area contributed by atoms with E-state index < -0.39 is 11.7 Å². The van der Waals surface area contributed by atoms with Crippen LogP contribution in [0.15, 0.2) is 59.1 Å². The summed E-state index contributed by atoms with van der Waals surface area (Å²) in [6.07, 6.45) is 1.29. The molecule has 1 aliphatic rings. The van der Waals surface area contributed by atoms with Gasteiger partial charge in [0, 0.05) is 10.0 Å². The topological polar surface area (TPSA) is 76.7 Å². The van der Waals surface area contributed by atoms with Crippen molar-refractivity contribution in [2.75, 3.05) is 6.61 Å². The molecule has 4 rings (SSSR count). The number of carbonyl (C=O) groups is 2. The summed E-state index contributed by atoms with van der Waals surface area (Å²) in [6.45, 7) is 9.45. The van der Waals surface area contributed by atoms with Crippen LogP contribution >= 0.6 is 15.9 Å². The number of aryl methyl sites for hydroxylation is 1. The van der Waals surface area contributed by atoms with Crippen LogP contribution in [0, 0.1) is 6.92 Å². The molecule has 0 radical (unpaired) electrons. The van der Waals surface area contributed by atoms with E-state index in [1.165, 1.54) is 0 Å². The maximum Gasteiger partial charge on any atom is 0.407 e. The van der Waals surface area contributed by atoms with Gasteiger partial charge < -0.3 is 20.1 Å². The molecule has 3 aromatic rings. The Morgan fingerprint density at radius 2 is 1.81 bits per heavy atom. The second kappa shape index (κ2) is 10.1. The van der Waals surface area contributed by atoms with Crippen molar-refractivity contribution in [3.63, 3.8) is 0 Å². The summed E-state index contributed by atoms with van der Waals surface area (Å²) in [5, 5.41) is 8.37. The first-order valence-corrected chi connectivity index (χ1v) is 13.0. The molecule has 0 bridgehead atoms. The van der Waals surface area contributed by atoms with E-state index in [-0.39, 0.29) is 24.1 Å². The van der Waals surface area contributed by atoms with Crippen molar-refractivity contribution in [1.82, 2.24) is 10.6 Å². The van der Waals surface area contributed by atoms with Gasteiger partial charge in [0.1, 0.15) is 18.0 Å². The van der Waals surface area contributed by atoms with Gasteiger partial charge in [-0.1, -0.05) is 46.3 Å². The highest BCUT2D eigenvalue weighted by molar-refractivity contribution is 9.10.